The molecule has 118 valence electrons. The number of halogens is 1. The lowest BCUT2D eigenvalue weighted by atomic mass is 10.2. The summed E-state index contributed by atoms with van der Waals surface area (Å²) in [6.07, 6.45) is 4.04. The molecule has 2 aromatic rings. The Morgan fingerprint density at radius 3 is 2.82 bits per heavy atom. The standard InChI is InChI=1S/C16H21ClN4O/c1-12(19-14-9-18-21(3)11-14)8-16(22)20(2)10-13-6-4-5-7-15(13)17/h4-7,9,11-12,19H,8,10H2,1-3H3. The van der Waals surface area contributed by atoms with Crippen LogP contribution in [0, 0.1) is 0 Å². The second-order valence-corrected chi connectivity index (χ2v) is 5.90. The summed E-state index contributed by atoms with van der Waals surface area (Å²) in [4.78, 5) is 14.0. The molecule has 0 radical (unpaired) electrons. The Morgan fingerprint density at radius 2 is 2.18 bits per heavy atom. The van der Waals surface area contributed by atoms with E-state index < -0.39 is 0 Å². The molecule has 1 atom stereocenters. The zero-order chi connectivity index (χ0) is 16.1. The van der Waals surface area contributed by atoms with Gasteiger partial charge in [-0.05, 0) is 18.6 Å². The van der Waals surface area contributed by atoms with Gasteiger partial charge in [0.2, 0.25) is 5.91 Å². The van der Waals surface area contributed by atoms with E-state index in [9.17, 15) is 4.79 Å². The number of aryl methyl sites for hydroxylation is 1. The summed E-state index contributed by atoms with van der Waals surface area (Å²) in [6.45, 7) is 2.49. The number of hydrogen-bond acceptors (Lipinski definition) is 3. The fourth-order valence-electron chi connectivity index (χ4n) is 2.22. The van der Waals surface area contributed by atoms with Gasteiger partial charge in [-0.15, -0.1) is 0 Å². The molecule has 0 aliphatic heterocycles. The fourth-order valence-corrected chi connectivity index (χ4v) is 2.41. The lowest BCUT2D eigenvalue weighted by Crippen LogP contribution is -2.31. The molecule has 1 unspecified atom stereocenters. The number of anilines is 1. The fraction of sp³-hybridized carbons (Fsp3) is 0.375. The minimum absolute atomic E-state index is 0.0328. The minimum atomic E-state index is 0.0328. The first-order chi connectivity index (χ1) is 10.5. The van der Waals surface area contributed by atoms with Crippen molar-refractivity contribution in [3.8, 4) is 0 Å². The Kier molecular flexibility index (Phi) is 5.44. The van der Waals surface area contributed by atoms with E-state index in [1.807, 2.05) is 44.4 Å². The van der Waals surface area contributed by atoms with Gasteiger partial charge < -0.3 is 10.2 Å². The summed E-state index contributed by atoms with van der Waals surface area (Å²) >= 11 is 6.13. The van der Waals surface area contributed by atoms with Crippen LogP contribution in [0.25, 0.3) is 0 Å². The van der Waals surface area contributed by atoms with Gasteiger partial charge in [0.05, 0.1) is 11.9 Å². The normalized spacial score (nSPS) is 12.0. The smallest absolute Gasteiger partial charge is 0.224 e. The van der Waals surface area contributed by atoms with Crippen molar-refractivity contribution in [3.63, 3.8) is 0 Å². The molecular weight excluding hydrogens is 300 g/mol. The number of amides is 1. The second kappa shape index (κ2) is 7.31. The van der Waals surface area contributed by atoms with Crippen LogP contribution in [-0.2, 0) is 18.4 Å². The van der Waals surface area contributed by atoms with Crippen molar-refractivity contribution in [2.45, 2.75) is 25.9 Å². The molecule has 0 spiro atoms. The van der Waals surface area contributed by atoms with E-state index in [2.05, 4.69) is 10.4 Å². The lowest BCUT2D eigenvalue weighted by molar-refractivity contribution is -0.130. The van der Waals surface area contributed by atoms with Gasteiger partial charge in [-0.3, -0.25) is 9.48 Å². The summed E-state index contributed by atoms with van der Waals surface area (Å²) in [6, 6.07) is 7.61. The summed E-state index contributed by atoms with van der Waals surface area (Å²) in [5.74, 6) is 0.0730. The largest absolute Gasteiger partial charge is 0.380 e. The van der Waals surface area contributed by atoms with E-state index >= 15 is 0 Å². The highest BCUT2D eigenvalue weighted by Crippen LogP contribution is 2.17. The average molecular weight is 321 g/mol. The van der Waals surface area contributed by atoms with Gasteiger partial charge in [-0.1, -0.05) is 29.8 Å². The van der Waals surface area contributed by atoms with E-state index in [-0.39, 0.29) is 11.9 Å². The molecular formula is C16H21ClN4O. The van der Waals surface area contributed by atoms with Crippen molar-refractivity contribution in [3.05, 3.63) is 47.2 Å². The van der Waals surface area contributed by atoms with Gasteiger partial charge in [-0.2, -0.15) is 5.10 Å². The molecule has 0 bridgehead atoms. The van der Waals surface area contributed by atoms with Crippen molar-refractivity contribution in [2.24, 2.45) is 7.05 Å². The number of nitrogens with one attached hydrogen (secondary N) is 1. The first-order valence-corrected chi connectivity index (χ1v) is 7.56. The van der Waals surface area contributed by atoms with Crippen LogP contribution in [0.15, 0.2) is 36.7 Å². The maximum atomic E-state index is 12.3. The molecule has 2 rings (SSSR count). The zero-order valence-corrected chi connectivity index (χ0v) is 13.8. The Balaban J connectivity index is 1.87. The van der Waals surface area contributed by atoms with E-state index in [4.69, 9.17) is 11.6 Å². The maximum absolute atomic E-state index is 12.3. The monoisotopic (exact) mass is 320 g/mol. The summed E-state index contributed by atoms with van der Waals surface area (Å²) in [7, 11) is 3.65. The van der Waals surface area contributed by atoms with Crippen molar-refractivity contribution in [1.82, 2.24) is 14.7 Å². The summed E-state index contributed by atoms with van der Waals surface area (Å²) in [5.41, 5.74) is 1.87. The molecule has 0 aliphatic rings. The number of rotatable bonds is 6. The van der Waals surface area contributed by atoms with Gasteiger partial charge in [0.1, 0.15) is 0 Å². The second-order valence-electron chi connectivity index (χ2n) is 5.49. The predicted octanol–water partition coefficient (Wildman–Crippen LogP) is 2.92. The van der Waals surface area contributed by atoms with Crippen LogP contribution in [0.3, 0.4) is 0 Å². The molecule has 1 N–H and O–H groups in total. The van der Waals surface area contributed by atoms with Gasteiger partial charge in [0, 0.05) is 44.3 Å². The number of nitrogens with zero attached hydrogens (tertiary/aromatic N) is 3. The highest BCUT2D eigenvalue weighted by atomic mass is 35.5. The van der Waals surface area contributed by atoms with Crippen molar-refractivity contribution in [2.75, 3.05) is 12.4 Å². The molecule has 6 heteroatoms. The molecule has 1 aromatic carbocycles. The molecule has 0 aliphatic carbocycles. The average Bonchev–Trinajstić information content (AvgIpc) is 2.86. The highest BCUT2D eigenvalue weighted by molar-refractivity contribution is 6.31. The van der Waals surface area contributed by atoms with Crippen LogP contribution in [0.2, 0.25) is 5.02 Å². The van der Waals surface area contributed by atoms with Crippen LogP contribution >= 0.6 is 11.6 Å². The maximum Gasteiger partial charge on any atom is 0.224 e. The number of benzene rings is 1. The quantitative estimate of drug-likeness (QED) is 0.890. The Bertz CT molecular complexity index is 641. The lowest BCUT2D eigenvalue weighted by Gasteiger charge is -2.21. The van der Waals surface area contributed by atoms with Gasteiger partial charge in [-0.25, -0.2) is 0 Å². The third-order valence-corrected chi connectivity index (χ3v) is 3.76. The number of hydrogen-bond donors (Lipinski definition) is 1. The Hall–Kier alpha value is -2.01. The van der Waals surface area contributed by atoms with Crippen LogP contribution in [-0.4, -0.2) is 33.7 Å². The van der Waals surface area contributed by atoms with E-state index in [1.165, 1.54) is 0 Å². The van der Waals surface area contributed by atoms with E-state index in [1.54, 1.807) is 22.8 Å². The van der Waals surface area contributed by atoms with E-state index in [0.717, 1.165) is 11.3 Å². The zero-order valence-electron chi connectivity index (χ0n) is 13.1. The first-order valence-electron chi connectivity index (χ1n) is 7.18. The molecule has 1 amide bonds. The van der Waals surface area contributed by atoms with Crippen LogP contribution in [0.4, 0.5) is 5.69 Å². The predicted molar refractivity (Wildman–Crippen MR) is 88.8 cm³/mol. The van der Waals surface area contributed by atoms with Crippen LogP contribution < -0.4 is 5.32 Å². The molecule has 1 heterocycles. The highest BCUT2D eigenvalue weighted by Gasteiger charge is 2.15. The number of carbonyl (C=O) groups excluding carboxylic acids is 1. The van der Waals surface area contributed by atoms with Gasteiger partial charge in [0.15, 0.2) is 0 Å². The SMILES string of the molecule is CC(CC(=O)N(C)Cc1ccccc1Cl)Nc1cnn(C)c1. The topological polar surface area (TPSA) is 50.2 Å². The molecule has 22 heavy (non-hydrogen) atoms. The number of aromatic nitrogens is 2. The third-order valence-electron chi connectivity index (χ3n) is 3.39. The molecule has 1 aromatic heterocycles. The molecule has 0 saturated heterocycles. The minimum Gasteiger partial charge on any atom is -0.380 e. The van der Waals surface area contributed by atoms with Crippen molar-refractivity contribution in [1.29, 1.82) is 0 Å². The summed E-state index contributed by atoms with van der Waals surface area (Å²) < 4.78 is 1.72. The third kappa shape index (κ3) is 4.49. The van der Waals surface area contributed by atoms with E-state index in [0.29, 0.717) is 18.0 Å². The van der Waals surface area contributed by atoms with Crippen molar-refractivity contribution < 1.29 is 4.79 Å². The Labute approximate surface area is 135 Å². The van der Waals surface area contributed by atoms with Crippen LogP contribution in [0.5, 0.6) is 0 Å². The number of carbonyl (C=O) groups is 1. The molecule has 0 fully saturated rings. The summed E-state index contributed by atoms with van der Waals surface area (Å²) in [5, 5.41) is 8.04. The van der Waals surface area contributed by atoms with Gasteiger partial charge in [0.25, 0.3) is 0 Å². The van der Waals surface area contributed by atoms with Crippen LogP contribution in [0.1, 0.15) is 18.9 Å². The Morgan fingerprint density at radius 1 is 1.45 bits per heavy atom. The van der Waals surface area contributed by atoms with Crippen molar-refractivity contribution >= 4 is 23.2 Å². The van der Waals surface area contributed by atoms with Gasteiger partial charge >= 0.3 is 0 Å². The first kappa shape index (κ1) is 16.4. The molecule has 0 saturated carbocycles. The molecule has 5 nitrogen and oxygen atoms in total.